The number of nitrogens with two attached hydrogens (primary N) is 1. The van der Waals surface area contributed by atoms with Crippen molar-refractivity contribution >= 4 is 12.4 Å². The molecule has 0 saturated heterocycles. The van der Waals surface area contributed by atoms with E-state index in [1.807, 2.05) is 0 Å². The normalized spacial score (nSPS) is 12.8. The first-order valence-electron chi connectivity index (χ1n) is 4.60. The molecule has 0 heterocycles. The average molecular weight is 274 g/mol. The van der Waals surface area contributed by atoms with Crippen LogP contribution in [0.15, 0.2) is 24.3 Å². The minimum atomic E-state index is -4.77. The van der Waals surface area contributed by atoms with E-state index >= 15 is 0 Å². The quantitative estimate of drug-likeness (QED) is 0.854. The topological polar surface area (TPSA) is 35.2 Å². The third kappa shape index (κ3) is 5.23. The summed E-state index contributed by atoms with van der Waals surface area (Å²) in [6.07, 6.45) is -4.82. The summed E-state index contributed by atoms with van der Waals surface area (Å²) in [6.45, 7) is -0.693. The molecule has 0 spiro atoms. The van der Waals surface area contributed by atoms with Gasteiger partial charge in [0.25, 0.3) is 0 Å². The number of benzene rings is 1. The lowest BCUT2D eigenvalue weighted by molar-refractivity contribution is -0.275. The zero-order valence-corrected chi connectivity index (χ0v) is 9.52. The first-order valence-corrected chi connectivity index (χ1v) is 4.60. The van der Waals surface area contributed by atoms with E-state index in [4.69, 9.17) is 5.73 Å². The van der Waals surface area contributed by atoms with Crippen molar-refractivity contribution in [2.24, 2.45) is 5.73 Å². The van der Waals surface area contributed by atoms with E-state index < -0.39 is 19.1 Å². The molecule has 1 aromatic rings. The predicted octanol–water partition coefficient (Wildman–Crippen LogP) is 3.37. The van der Waals surface area contributed by atoms with Gasteiger partial charge in [-0.25, -0.2) is 0 Å². The molecule has 98 valence electrons. The van der Waals surface area contributed by atoms with Gasteiger partial charge in [-0.15, -0.1) is 25.6 Å². The van der Waals surface area contributed by atoms with Crippen LogP contribution in [0.1, 0.15) is 18.0 Å². The molecule has 0 radical (unpaired) electrons. The fourth-order valence-electron chi connectivity index (χ4n) is 1.28. The van der Waals surface area contributed by atoms with E-state index in [1.165, 1.54) is 18.2 Å². The van der Waals surface area contributed by atoms with Crippen molar-refractivity contribution in [2.75, 3.05) is 6.67 Å². The summed E-state index contributed by atoms with van der Waals surface area (Å²) >= 11 is 0. The summed E-state index contributed by atoms with van der Waals surface area (Å²) in [5, 5.41) is 0. The van der Waals surface area contributed by atoms with Gasteiger partial charge in [0.2, 0.25) is 0 Å². The van der Waals surface area contributed by atoms with Crippen LogP contribution in [0.2, 0.25) is 0 Å². The van der Waals surface area contributed by atoms with Crippen LogP contribution in [0, 0.1) is 0 Å². The van der Waals surface area contributed by atoms with Gasteiger partial charge in [-0.2, -0.15) is 0 Å². The van der Waals surface area contributed by atoms with Gasteiger partial charge >= 0.3 is 6.36 Å². The van der Waals surface area contributed by atoms with E-state index in [0.29, 0.717) is 0 Å². The maximum absolute atomic E-state index is 12.1. The highest BCUT2D eigenvalue weighted by Crippen LogP contribution is 2.30. The van der Waals surface area contributed by atoms with E-state index in [-0.39, 0.29) is 30.1 Å². The molecule has 0 aromatic heterocycles. The molecule has 1 atom stereocenters. The molecular weight excluding hydrogens is 262 g/mol. The van der Waals surface area contributed by atoms with Crippen molar-refractivity contribution in [1.29, 1.82) is 0 Å². The third-order valence-electron chi connectivity index (χ3n) is 1.96. The van der Waals surface area contributed by atoms with Gasteiger partial charge in [0.1, 0.15) is 5.75 Å². The van der Waals surface area contributed by atoms with Crippen LogP contribution in [0.5, 0.6) is 5.75 Å². The predicted molar refractivity (Wildman–Crippen MR) is 57.9 cm³/mol. The van der Waals surface area contributed by atoms with Crippen molar-refractivity contribution < 1.29 is 22.3 Å². The molecular formula is C10H12ClF4NO. The smallest absolute Gasteiger partial charge is 0.405 e. The van der Waals surface area contributed by atoms with Crippen LogP contribution in [-0.2, 0) is 0 Å². The zero-order valence-electron chi connectivity index (χ0n) is 8.71. The van der Waals surface area contributed by atoms with Crippen molar-refractivity contribution in [2.45, 2.75) is 18.8 Å². The van der Waals surface area contributed by atoms with Crippen LogP contribution < -0.4 is 10.5 Å². The van der Waals surface area contributed by atoms with Gasteiger partial charge in [-0.3, -0.25) is 4.39 Å². The number of alkyl halides is 4. The van der Waals surface area contributed by atoms with Gasteiger partial charge in [0, 0.05) is 11.6 Å². The van der Waals surface area contributed by atoms with Crippen molar-refractivity contribution in [3.8, 4) is 5.75 Å². The minimum absolute atomic E-state index is 0. The van der Waals surface area contributed by atoms with Gasteiger partial charge < -0.3 is 10.5 Å². The second-order valence-corrected chi connectivity index (χ2v) is 3.17. The standard InChI is InChI=1S/C10H11F4NO.ClH/c11-6-5-8(15)7-3-1-2-4-9(7)16-10(12,13)14;/h1-4,8H,5-6,15H2;1H/t8-;/m0./s1. The number of halogens is 5. The first kappa shape index (κ1) is 16.0. The summed E-state index contributed by atoms with van der Waals surface area (Å²) in [5.41, 5.74) is 5.69. The van der Waals surface area contributed by atoms with Crippen molar-refractivity contribution in [1.82, 2.24) is 0 Å². The van der Waals surface area contributed by atoms with Crippen LogP contribution in [0.3, 0.4) is 0 Å². The van der Waals surface area contributed by atoms with Crippen LogP contribution in [-0.4, -0.2) is 13.0 Å². The Labute approximate surface area is 102 Å². The molecule has 0 bridgehead atoms. The molecule has 0 aliphatic heterocycles. The highest BCUT2D eigenvalue weighted by Gasteiger charge is 2.32. The van der Waals surface area contributed by atoms with E-state index in [2.05, 4.69) is 4.74 Å². The number of hydrogen-bond donors (Lipinski definition) is 1. The fraction of sp³-hybridized carbons (Fsp3) is 0.400. The highest BCUT2D eigenvalue weighted by molar-refractivity contribution is 5.85. The molecule has 17 heavy (non-hydrogen) atoms. The third-order valence-corrected chi connectivity index (χ3v) is 1.96. The Balaban J connectivity index is 0.00000256. The van der Waals surface area contributed by atoms with E-state index in [0.717, 1.165) is 6.07 Å². The van der Waals surface area contributed by atoms with Crippen molar-refractivity contribution in [3.63, 3.8) is 0 Å². The van der Waals surface area contributed by atoms with Gasteiger partial charge in [-0.05, 0) is 12.5 Å². The maximum atomic E-state index is 12.1. The van der Waals surface area contributed by atoms with Gasteiger partial charge in [-0.1, -0.05) is 18.2 Å². The lowest BCUT2D eigenvalue weighted by Gasteiger charge is -2.16. The molecule has 0 saturated carbocycles. The SMILES string of the molecule is Cl.N[C@@H](CCF)c1ccccc1OC(F)(F)F. The summed E-state index contributed by atoms with van der Waals surface area (Å²) in [7, 11) is 0. The molecule has 0 aliphatic carbocycles. The van der Waals surface area contributed by atoms with Crippen LogP contribution in [0.4, 0.5) is 17.6 Å². The van der Waals surface area contributed by atoms with Gasteiger partial charge in [0.15, 0.2) is 0 Å². The largest absolute Gasteiger partial charge is 0.573 e. The molecule has 1 aromatic carbocycles. The zero-order chi connectivity index (χ0) is 12.2. The Morgan fingerprint density at radius 2 is 1.82 bits per heavy atom. The minimum Gasteiger partial charge on any atom is -0.405 e. The molecule has 0 unspecified atom stereocenters. The first-order chi connectivity index (χ1) is 7.44. The Morgan fingerprint density at radius 1 is 1.24 bits per heavy atom. The fourth-order valence-corrected chi connectivity index (χ4v) is 1.28. The second kappa shape index (κ2) is 6.66. The summed E-state index contributed by atoms with van der Waals surface area (Å²) in [5.74, 6) is -0.379. The van der Waals surface area contributed by atoms with E-state index in [1.54, 1.807) is 0 Å². The molecule has 2 N–H and O–H groups in total. The molecule has 0 aliphatic rings. The number of rotatable bonds is 4. The lowest BCUT2D eigenvalue weighted by atomic mass is 10.0. The Hall–Kier alpha value is -1.01. The Bertz CT molecular complexity index is 345. The highest BCUT2D eigenvalue weighted by atomic mass is 35.5. The molecule has 2 nitrogen and oxygen atoms in total. The maximum Gasteiger partial charge on any atom is 0.573 e. The summed E-state index contributed by atoms with van der Waals surface area (Å²) in [6, 6.07) is 4.66. The van der Waals surface area contributed by atoms with Crippen LogP contribution >= 0.6 is 12.4 Å². The molecule has 0 fully saturated rings. The van der Waals surface area contributed by atoms with Crippen LogP contribution in [0.25, 0.3) is 0 Å². The van der Waals surface area contributed by atoms with Gasteiger partial charge in [0.05, 0.1) is 6.67 Å². The Kier molecular flexibility index (Phi) is 6.26. The summed E-state index contributed by atoms with van der Waals surface area (Å²) < 4.78 is 52.0. The monoisotopic (exact) mass is 273 g/mol. The number of para-hydroxylation sites is 1. The molecule has 7 heteroatoms. The average Bonchev–Trinajstić information content (AvgIpc) is 2.16. The molecule has 0 amide bonds. The lowest BCUT2D eigenvalue weighted by Crippen LogP contribution is -2.20. The number of ether oxygens (including phenoxy) is 1. The van der Waals surface area contributed by atoms with E-state index in [9.17, 15) is 17.6 Å². The number of hydrogen-bond acceptors (Lipinski definition) is 2. The van der Waals surface area contributed by atoms with Crippen molar-refractivity contribution in [3.05, 3.63) is 29.8 Å². The second-order valence-electron chi connectivity index (χ2n) is 3.17. The molecule has 1 rings (SSSR count). The summed E-state index contributed by atoms with van der Waals surface area (Å²) in [4.78, 5) is 0. The Morgan fingerprint density at radius 3 is 2.35 bits per heavy atom.